The van der Waals surface area contributed by atoms with E-state index in [-0.39, 0.29) is 17.2 Å². The number of hydrogen-bond donors (Lipinski definition) is 1. The monoisotopic (exact) mass is 388 g/mol. The summed E-state index contributed by atoms with van der Waals surface area (Å²) in [5, 5.41) is 7.10. The summed E-state index contributed by atoms with van der Waals surface area (Å²) in [7, 11) is 0. The molecule has 29 heavy (non-hydrogen) atoms. The molecule has 1 saturated heterocycles. The SMILES string of the molecule is O=C(Nc1ccc(N2CCCCC2)cc1)c1ccc(=O)n(Cc2ccccc2)n1. The van der Waals surface area contributed by atoms with Gasteiger partial charge in [0.2, 0.25) is 0 Å². The van der Waals surface area contributed by atoms with Crippen LogP contribution < -0.4 is 15.8 Å². The first-order valence-corrected chi connectivity index (χ1v) is 9.97. The molecule has 1 fully saturated rings. The van der Waals surface area contributed by atoms with E-state index in [1.54, 1.807) is 0 Å². The van der Waals surface area contributed by atoms with Crippen LogP contribution in [0.15, 0.2) is 71.5 Å². The van der Waals surface area contributed by atoms with Gasteiger partial charge in [-0.3, -0.25) is 9.59 Å². The van der Waals surface area contributed by atoms with Crippen molar-refractivity contribution in [2.24, 2.45) is 0 Å². The van der Waals surface area contributed by atoms with Crippen molar-refractivity contribution in [3.8, 4) is 0 Å². The fourth-order valence-corrected chi connectivity index (χ4v) is 3.54. The third-order valence-electron chi connectivity index (χ3n) is 5.12. The van der Waals surface area contributed by atoms with Gasteiger partial charge in [-0.25, -0.2) is 4.68 Å². The molecular formula is C23H24N4O2. The number of nitrogens with zero attached hydrogens (tertiary/aromatic N) is 3. The Balaban J connectivity index is 1.45. The van der Waals surface area contributed by atoms with Gasteiger partial charge < -0.3 is 10.2 Å². The highest BCUT2D eigenvalue weighted by molar-refractivity contribution is 6.02. The Morgan fingerprint density at radius 1 is 0.897 bits per heavy atom. The van der Waals surface area contributed by atoms with Crippen molar-refractivity contribution in [1.82, 2.24) is 9.78 Å². The van der Waals surface area contributed by atoms with Crippen molar-refractivity contribution in [2.45, 2.75) is 25.8 Å². The maximum absolute atomic E-state index is 12.6. The zero-order valence-electron chi connectivity index (χ0n) is 16.3. The molecule has 0 unspecified atom stereocenters. The summed E-state index contributed by atoms with van der Waals surface area (Å²) in [5.74, 6) is -0.336. The first-order valence-electron chi connectivity index (χ1n) is 9.97. The summed E-state index contributed by atoms with van der Waals surface area (Å²) in [5.41, 5.74) is 2.81. The zero-order valence-corrected chi connectivity index (χ0v) is 16.3. The molecule has 1 aliphatic rings. The molecule has 148 valence electrons. The minimum atomic E-state index is -0.336. The second kappa shape index (κ2) is 8.73. The number of benzene rings is 2. The van der Waals surface area contributed by atoms with Crippen molar-refractivity contribution in [1.29, 1.82) is 0 Å². The van der Waals surface area contributed by atoms with Crippen molar-refractivity contribution >= 4 is 17.3 Å². The minimum absolute atomic E-state index is 0.209. The third kappa shape index (κ3) is 4.71. The van der Waals surface area contributed by atoms with Crippen LogP contribution in [0.25, 0.3) is 0 Å². The number of amides is 1. The van der Waals surface area contributed by atoms with Gasteiger partial charge in [0.25, 0.3) is 11.5 Å². The second-order valence-corrected chi connectivity index (χ2v) is 7.25. The van der Waals surface area contributed by atoms with Gasteiger partial charge in [-0.05, 0) is 55.2 Å². The first-order chi connectivity index (χ1) is 14.2. The molecule has 1 aliphatic heterocycles. The van der Waals surface area contributed by atoms with E-state index in [1.165, 1.54) is 41.8 Å². The summed E-state index contributed by atoms with van der Waals surface area (Å²) in [6, 6.07) is 20.3. The molecule has 0 spiro atoms. The fourth-order valence-electron chi connectivity index (χ4n) is 3.54. The number of rotatable bonds is 5. The van der Waals surface area contributed by atoms with Crippen LogP contribution in [0.5, 0.6) is 0 Å². The van der Waals surface area contributed by atoms with Gasteiger partial charge in [0.05, 0.1) is 6.54 Å². The highest BCUT2D eigenvalue weighted by Crippen LogP contribution is 2.22. The van der Waals surface area contributed by atoms with Gasteiger partial charge in [-0.2, -0.15) is 5.10 Å². The Bertz CT molecular complexity index is 1020. The van der Waals surface area contributed by atoms with E-state index in [4.69, 9.17) is 0 Å². The summed E-state index contributed by atoms with van der Waals surface area (Å²) in [6.07, 6.45) is 3.75. The molecule has 2 heterocycles. The van der Waals surface area contributed by atoms with E-state index in [0.29, 0.717) is 12.2 Å². The Morgan fingerprint density at radius 2 is 1.62 bits per heavy atom. The Kier molecular flexibility index (Phi) is 5.70. The summed E-state index contributed by atoms with van der Waals surface area (Å²) in [6.45, 7) is 2.49. The normalized spacial score (nSPS) is 13.9. The molecule has 1 amide bonds. The molecule has 1 aromatic heterocycles. The Morgan fingerprint density at radius 3 is 2.34 bits per heavy atom. The van der Waals surface area contributed by atoms with Gasteiger partial charge in [-0.15, -0.1) is 0 Å². The maximum atomic E-state index is 12.6. The lowest BCUT2D eigenvalue weighted by Crippen LogP contribution is -2.29. The van der Waals surface area contributed by atoms with Crippen molar-refractivity contribution in [2.75, 3.05) is 23.3 Å². The van der Waals surface area contributed by atoms with E-state index in [2.05, 4.69) is 15.3 Å². The zero-order chi connectivity index (χ0) is 20.1. The van der Waals surface area contributed by atoms with Crippen LogP contribution >= 0.6 is 0 Å². The Labute approximate surface area is 169 Å². The molecule has 0 saturated carbocycles. The molecule has 6 nitrogen and oxygen atoms in total. The van der Waals surface area contributed by atoms with Gasteiger partial charge >= 0.3 is 0 Å². The molecule has 2 aromatic carbocycles. The number of hydrogen-bond acceptors (Lipinski definition) is 4. The maximum Gasteiger partial charge on any atom is 0.276 e. The highest BCUT2D eigenvalue weighted by atomic mass is 16.2. The van der Waals surface area contributed by atoms with Crippen LogP contribution in [0, 0.1) is 0 Å². The van der Waals surface area contributed by atoms with Gasteiger partial charge in [0, 0.05) is 30.5 Å². The van der Waals surface area contributed by atoms with E-state index in [0.717, 1.165) is 18.7 Å². The van der Waals surface area contributed by atoms with E-state index >= 15 is 0 Å². The lowest BCUT2D eigenvalue weighted by molar-refractivity contribution is 0.102. The van der Waals surface area contributed by atoms with Crippen molar-refractivity contribution in [3.63, 3.8) is 0 Å². The Hall–Kier alpha value is -3.41. The smallest absolute Gasteiger partial charge is 0.276 e. The van der Waals surface area contributed by atoms with Crippen molar-refractivity contribution < 1.29 is 4.79 Å². The number of nitrogens with one attached hydrogen (secondary N) is 1. The lowest BCUT2D eigenvalue weighted by atomic mass is 10.1. The predicted molar refractivity (Wildman–Crippen MR) is 115 cm³/mol. The standard InChI is InChI=1S/C23H24N4O2/c28-22-14-13-21(25-27(22)17-18-7-3-1-4-8-18)23(29)24-19-9-11-20(12-10-19)26-15-5-2-6-16-26/h1,3-4,7-14H,2,5-6,15-17H2,(H,24,29). The van der Waals surface area contributed by atoms with E-state index in [9.17, 15) is 9.59 Å². The first kappa shape index (κ1) is 18.9. The lowest BCUT2D eigenvalue weighted by Gasteiger charge is -2.28. The largest absolute Gasteiger partial charge is 0.372 e. The van der Waals surface area contributed by atoms with E-state index in [1.807, 2.05) is 54.6 Å². The molecule has 1 N–H and O–H groups in total. The predicted octanol–water partition coefficient (Wildman–Crippen LogP) is 3.53. The highest BCUT2D eigenvalue weighted by Gasteiger charge is 2.13. The summed E-state index contributed by atoms with van der Waals surface area (Å²) < 4.78 is 1.31. The van der Waals surface area contributed by atoms with Gasteiger partial charge in [0.1, 0.15) is 5.69 Å². The van der Waals surface area contributed by atoms with Crippen LogP contribution in [0.4, 0.5) is 11.4 Å². The minimum Gasteiger partial charge on any atom is -0.372 e. The number of anilines is 2. The molecular weight excluding hydrogens is 364 g/mol. The molecule has 6 heteroatoms. The van der Waals surface area contributed by atoms with Crippen LogP contribution in [-0.4, -0.2) is 28.8 Å². The molecule has 0 atom stereocenters. The third-order valence-corrected chi connectivity index (χ3v) is 5.12. The molecule has 4 rings (SSSR count). The van der Waals surface area contributed by atoms with E-state index < -0.39 is 0 Å². The summed E-state index contributed by atoms with van der Waals surface area (Å²) in [4.78, 5) is 27.1. The van der Waals surface area contributed by atoms with Crippen LogP contribution in [0.2, 0.25) is 0 Å². The topological polar surface area (TPSA) is 67.2 Å². The average Bonchev–Trinajstić information content (AvgIpc) is 2.77. The number of carbonyl (C=O) groups is 1. The van der Waals surface area contributed by atoms with Crippen LogP contribution in [0.1, 0.15) is 35.3 Å². The number of piperidine rings is 1. The molecule has 0 bridgehead atoms. The second-order valence-electron chi connectivity index (χ2n) is 7.25. The fraction of sp³-hybridized carbons (Fsp3) is 0.261. The number of aromatic nitrogens is 2. The quantitative estimate of drug-likeness (QED) is 0.726. The molecule has 0 radical (unpaired) electrons. The molecule has 0 aliphatic carbocycles. The van der Waals surface area contributed by atoms with Gasteiger partial charge in [0.15, 0.2) is 0 Å². The average molecular weight is 388 g/mol. The van der Waals surface area contributed by atoms with Crippen LogP contribution in [-0.2, 0) is 6.54 Å². The van der Waals surface area contributed by atoms with Crippen molar-refractivity contribution in [3.05, 3.63) is 88.3 Å². The summed E-state index contributed by atoms with van der Waals surface area (Å²) >= 11 is 0. The van der Waals surface area contributed by atoms with Crippen LogP contribution in [0.3, 0.4) is 0 Å². The molecule has 3 aromatic rings. The van der Waals surface area contributed by atoms with Gasteiger partial charge in [-0.1, -0.05) is 30.3 Å². The number of carbonyl (C=O) groups excluding carboxylic acids is 1.